The van der Waals surface area contributed by atoms with Gasteiger partial charge in [-0.2, -0.15) is 5.10 Å². The molecule has 138 valence electrons. The van der Waals surface area contributed by atoms with E-state index in [9.17, 15) is 4.79 Å². The van der Waals surface area contributed by atoms with Gasteiger partial charge in [-0.15, -0.1) is 6.58 Å². The Balaban J connectivity index is 1.53. The van der Waals surface area contributed by atoms with Crippen molar-refractivity contribution in [2.45, 2.75) is 39.0 Å². The van der Waals surface area contributed by atoms with Gasteiger partial charge < -0.3 is 9.88 Å². The number of carbonyl (C=O) groups excluding carboxylic acids is 1. The first-order valence-electron chi connectivity index (χ1n) is 8.92. The SMILES string of the molecule is C=CCn1c(C)nn(CN2CCC(NC(=O)c3ccccc3)CC2)c1=S. The van der Waals surface area contributed by atoms with E-state index in [1.54, 1.807) is 0 Å². The zero-order valence-corrected chi connectivity index (χ0v) is 15.9. The van der Waals surface area contributed by atoms with E-state index in [0.29, 0.717) is 18.8 Å². The number of aryl methyl sites for hydroxylation is 1. The Morgan fingerprint density at radius 1 is 1.35 bits per heavy atom. The van der Waals surface area contributed by atoms with E-state index in [1.807, 2.05) is 52.6 Å². The predicted molar refractivity (Wildman–Crippen MR) is 104 cm³/mol. The highest BCUT2D eigenvalue weighted by Crippen LogP contribution is 2.13. The van der Waals surface area contributed by atoms with Crippen LogP contribution < -0.4 is 5.32 Å². The van der Waals surface area contributed by atoms with E-state index in [4.69, 9.17) is 12.2 Å². The Bertz CT molecular complexity index is 818. The molecule has 1 amide bonds. The highest BCUT2D eigenvalue weighted by Gasteiger charge is 2.22. The van der Waals surface area contributed by atoms with Crippen LogP contribution in [-0.2, 0) is 13.2 Å². The minimum atomic E-state index is 0.00469. The largest absolute Gasteiger partial charge is 0.349 e. The predicted octanol–water partition coefficient (Wildman–Crippen LogP) is 2.76. The molecular weight excluding hydrogens is 346 g/mol. The molecule has 2 heterocycles. The number of benzene rings is 1. The molecule has 7 heteroatoms. The lowest BCUT2D eigenvalue weighted by Gasteiger charge is -2.32. The molecule has 1 aromatic carbocycles. The molecule has 26 heavy (non-hydrogen) atoms. The summed E-state index contributed by atoms with van der Waals surface area (Å²) >= 11 is 5.51. The quantitative estimate of drug-likeness (QED) is 0.627. The highest BCUT2D eigenvalue weighted by atomic mass is 32.1. The van der Waals surface area contributed by atoms with Gasteiger partial charge in [-0.1, -0.05) is 24.3 Å². The molecule has 0 aliphatic carbocycles. The third-order valence-electron chi connectivity index (χ3n) is 4.71. The molecule has 1 fully saturated rings. The maximum atomic E-state index is 12.3. The molecule has 1 N–H and O–H groups in total. The Morgan fingerprint density at radius 2 is 2.04 bits per heavy atom. The van der Waals surface area contributed by atoms with Crippen molar-refractivity contribution in [2.75, 3.05) is 13.1 Å². The van der Waals surface area contributed by atoms with Crippen molar-refractivity contribution in [2.24, 2.45) is 0 Å². The summed E-state index contributed by atoms with van der Waals surface area (Å²) in [5.74, 6) is 0.907. The molecule has 1 aliphatic rings. The third-order valence-corrected chi connectivity index (χ3v) is 5.14. The van der Waals surface area contributed by atoms with Crippen LogP contribution in [-0.4, -0.2) is 44.3 Å². The van der Waals surface area contributed by atoms with Crippen molar-refractivity contribution >= 4 is 18.1 Å². The van der Waals surface area contributed by atoms with Gasteiger partial charge >= 0.3 is 0 Å². The Kier molecular flexibility index (Phi) is 6.00. The molecule has 0 atom stereocenters. The summed E-state index contributed by atoms with van der Waals surface area (Å²) in [5, 5.41) is 7.68. The van der Waals surface area contributed by atoms with Gasteiger partial charge in [0.15, 0.2) is 4.77 Å². The second kappa shape index (κ2) is 8.42. The summed E-state index contributed by atoms with van der Waals surface area (Å²) in [6.07, 6.45) is 3.69. The smallest absolute Gasteiger partial charge is 0.251 e. The van der Waals surface area contributed by atoms with Gasteiger partial charge in [0.25, 0.3) is 5.91 Å². The van der Waals surface area contributed by atoms with Crippen LogP contribution in [0.3, 0.4) is 0 Å². The van der Waals surface area contributed by atoms with Crippen LogP contribution >= 0.6 is 12.2 Å². The monoisotopic (exact) mass is 371 g/mol. The van der Waals surface area contributed by atoms with E-state index in [1.165, 1.54) is 0 Å². The fourth-order valence-electron chi connectivity index (χ4n) is 3.25. The molecule has 1 aromatic heterocycles. The number of likely N-dealkylation sites (tertiary alicyclic amines) is 1. The van der Waals surface area contributed by atoms with Crippen molar-refractivity contribution in [3.05, 3.63) is 59.1 Å². The van der Waals surface area contributed by atoms with Crippen LogP contribution in [0.1, 0.15) is 29.0 Å². The number of nitrogens with one attached hydrogen (secondary N) is 1. The molecule has 6 nitrogen and oxygen atoms in total. The standard InChI is InChI=1S/C19H25N5OS/c1-3-11-23-15(2)21-24(19(23)26)14-22-12-9-17(10-13-22)20-18(25)16-7-5-4-6-8-16/h3-8,17H,1,9-14H2,2H3,(H,20,25). The lowest BCUT2D eigenvalue weighted by molar-refractivity contribution is 0.0895. The number of piperidine rings is 1. The molecule has 0 spiro atoms. The zero-order valence-electron chi connectivity index (χ0n) is 15.1. The molecule has 0 unspecified atom stereocenters. The van der Waals surface area contributed by atoms with E-state index in [0.717, 1.165) is 36.5 Å². The van der Waals surface area contributed by atoms with Gasteiger partial charge in [0.05, 0.1) is 6.67 Å². The second-order valence-electron chi connectivity index (χ2n) is 6.60. The fraction of sp³-hybridized carbons (Fsp3) is 0.421. The van der Waals surface area contributed by atoms with E-state index in [2.05, 4.69) is 21.9 Å². The van der Waals surface area contributed by atoms with Gasteiger partial charge in [-0.05, 0) is 44.1 Å². The van der Waals surface area contributed by atoms with Gasteiger partial charge in [-0.3, -0.25) is 9.69 Å². The minimum absolute atomic E-state index is 0.00469. The van der Waals surface area contributed by atoms with Gasteiger partial charge in [0, 0.05) is 31.2 Å². The molecule has 3 rings (SSSR count). The second-order valence-corrected chi connectivity index (χ2v) is 6.97. The number of amides is 1. The maximum Gasteiger partial charge on any atom is 0.251 e. The summed E-state index contributed by atoms with van der Waals surface area (Å²) in [6.45, 7) is 8.91. The van der Waals surface area contributed by atoms with Crippen molar-refractivity contribution in [1.82, 2.24) is 24.6 Å². The molecule has 0 radical (unpaired) electrons. The van der Waals surface area contributed by atoms with Crippen LogP contribution in [0.15, 0.2) is 43.0 Å². The Hall–Kier alpha value is -2.25. The molecule has 1 saturated heterocycles. The Morgan fingerprint density at radius 3 is 2.69 bits per heavy atom. The van der Waals surface area contributed by atoms with Crippen molar-refractivity contribution in [3.63, 3.8) is 0 Å². The summed E-state index contributed by atoms with van der Waals surface area (Å²) in [7, 11) is 0. The maximum absolute atomic E-state index is 12.3. The first kappa shape index (κ1) is 18.5. The number of rotatable bonds is 6. The summed E-state index contributed by atoms with van der Waals surface area (Å²) < 4.78 is 4.58. The number of nitrogens with zero attached hydrogens (tertiary/aromatic N) is 4. The van der Waals surface area contributed by atoms with Gasteiger partial charge in [-0.25, -0.2) is 4.68 Å². The van der Waals surface area contributed by atoms with Crippen molar-refractivity contribution < 1.29 is 4.79 Å². The number of hydrogen-bond donors (Lipinski definition) is 1. The van der Waals surface area contributed by atoms with Gasteiger partial charge in [0.1, 0.15) is 5.82 Å². The number of allylic oxidation sites excluding steroid dienone is 1. The molecule has 2 aromatic rings. The lowest BCUT2D eigenvalue weighted by atomic mass is 10.0. The summed E-state index contributed by atoms with van der Waals surface area (Å²) in [4.78, 5) is 14.6. The fourth-order valence-corrected chi connectivity index (χ4v) is 3.55. The summed E-state index contributed by atoms with van der Waals surface area (Å²) in [5.41, 5.74) is 0.712. The number of aromatic nitrogens is 3. The van der Waals surface area contributed by atoms with Gasteiger partial charge in [0.2, 0.25) is 0 Å². The molecular formula is C19H25N5OS. The topological polar surface area (TPSA) is 55.1 Å². The first-order valence-corrected chi connectivity index (χ1v) is 9.32. The molecule has 1 aliphatic heterocycles. The Labute approximate surface area is 159 Å². The van der Waals surface area contributed by atoms with E-state index in [-0.39, 0.29) is 11.9 Å². The average molecular weight is 372 g/mol. The van der Waals surface area contributed by atoms with Crippen LogP contribution in [0, 0.1) is 11.7 Å². The first-order chi connectivity index (χ1) is 12.6. The van der Waals surface area contributed by atoms with Crippen LogP contribution in [0.2, 0.25) is 0 Å². The molecule has 0 saturated carbocycles. The highest BCUT2D eigenvalue weighted by molar-refractivity contribution is 7.71. The van der Waals surface area contributed by atoms with Crippen molar-refractivity contribution in [3.8, 4) is 0 Å². The number of carbonyl (C=O) groups is 1. The number of hydrogen-bond acceptors (Lipinski definition) is 4. The lowest BCUT2D eigenvalue weighted by Crippen LogP contribution is -2.45. The van der Waals surface area contributed by atoms with Crippen molar-refractivity contribution in [1.29, 1.82) is 0 Å². The normalized spacial score (nSPS) is 15.7. The third kappa shape index (κ3) is 4.28. The van der Waals surface area contributed by atoms with Crippen LogP contribution in [0.4, 0.5) is 0 Å². The average Bonchev–Trinajstić information content (AvgIpc) is 2.92. The zero-order chi connectivity index (χ0) is 18.5. The van der Waals surface area contributed by atoms with E-state index >= 15 is 0 Å². The van der Waals surface area contributed by atoms with E-state index < -0.39 is 0 Å². The minimum Gasteiger partial charge on any atom is -0.349 e. The molecule has 0 bridgehead atoms. The van der Waals surface area contributed by atoms with Crippen LogP contribution in [0.5, 0.6) is 0 Å². The summed E-state index contributed by atoms with van der Waals surface area (Å²) in [6, 6.07) is 9.58. The van der Waals surface area contributed by atoms with Crippen LogP contribution in [0.25, 0.3) is 0 Å².